The van der Waals surface area contributed by atoms with E-state index < -0.39 is 12.2 Å². The minimum Gasteiger partial charge on any atom is -0.506 e. The number of aliphatic hydroxyl groups is 2. The second kappa shape index (κ2) is 13.5. The monoisotopic (exact) mass is 519 g/mol. The van der Waals surface area contributed by atoms with Gasteiger partial charge in [-0.2, -0.15) is 0 Å². The Kier molecular flexibility index (Phi) is 10.4. The van der Waals surface area contributed by atoms with Crippen LogP contribution in [-0.4, -0.2) is 45.0 Å². The molecule has 0 aliphatic heterocycles. The van der Waals surface area contributed by atoms with Crippen molar-refractivity contribution in [2.45, 2.75) is 71.4 Å². The Balaban J connectivity index is 0.000000215. The number of phenols is 1. The van der Waals surface area contributed by atoms with Crippen molar-refractivity contribution in [1.29, 1.82) is 0 Å². The SMILES string of the molecule is CC(C)NCC(O)c1ccc2ccccc2c1.CCC(NC(C)C)C(O)c1ccc(O)c2[nH]c(=O)ccc12. The van der Waals surface area contributed by atoms with Crippen molar-refractivity contribution < 1.29 is 15.3 Å². The Hall–Kier alpha value is -3.23. The summed E-state index contributed by atoms with van der Waals surface area (Å²) in [4.78, 5) is 14.0. The zero-order chi connectivity index (χ0) is 27.8. The summed E-state index contributed by atoms with van der Waals surface area (Å²) in [5.74, 6) is 0.00326. The van der Waals surface area contributed by atoms with Crippen molar-refractivity contribution in [2.75, 3.05) is 6.54 Å². The lowest BCUT2D eigenvalue weighted by atomic mass is 9.95. The lowest BCUT2D eigenvalue weighted by Crippen LogP contribution is -2.39. The minimum absolute atomic E-state index is 0.00326. The number of fused-ring (bicyclic) bond motifs is 2. The molecular weight excluding hydrogens is 478 g/mol. The van der Waals surface area contributed by atoms with E-state index in [1.165, 1.54) is 22.9 Å². The van der Waals surface area contributed by atoms with Crippen molar-refractivity contribution in [3.05, 3.63) is 88.2 Å². The molecule has 4 rings (SSSR count). The van der Waals surface area contributed by atoms with Gasteiger partial charge in [0, 0.05) is 36.1 Å². The summed E-state index contributed by atoms with van der Waals surface area (Å²) < 4.78 is 0. The Labute approximate surface area is 224 Å². The van der Waals surface area contributed by atoms with Gasteiger partial charge in [0.1, 0.15) is 5.75 Å². The van der Waals surface area contributed by atoms with Crippen molar-refractivity contribution in [2.24, 2.45) is 0 Å². The summed E-state index contributed by atoms with van der Waals surface area (Å²) in [7, 11) is 0. The summed E-state index contributed by atoms with van der Waals surface area (Å²) in [6, 6.07) is 21.1. The van der Waals surface area contributed by atoms with E-state index in [4.69, 9.17) is 0 Å². The van der Waals surface area contributed by atoms with Crippen molar-refractivity contribution >= 4 is 21.7 Å². The maximum Gasteiger partial charge on any atom is 0.248 e. The third kappa shape index (κ3) is 7.65. The molecule has 204 valence electrons. The molecule has 0 aliphatic carbocycles. The molecule has 3 atom stereocenters. The average Bonchev–Trinajstić information content (AvgIpc) is 2.90. The van der Waals surface area contributed by atoms with Gasteiger partial charge < -0.3 is 30.9 Å². The highest BCUT2D eigenvalue weighted by molar-refractivity contribution is 5.87. The molecule has 3 aromatic carbocycles. The Morgan fingerprint density at radius 3 is 2.24 bits per heavy atom. The highest BCUT2D eigenvalue weighted by Crippen LogP contribution is 2.31. The van der Waals surface area contributed by atoms with Crippen LogP contribution in [0.15, 0.2) is 71.5 Å². The molecule has 1 heterocycles. The van der Waals surface area contributed by atoms with Gasteiger partial charge in [-0.1, -0.05) is 77.1 Å². The molecule has 1 aromatic heterocycles. The van der Waals surface area contributed by atoms with Crippen LogP contribution in [0.2, 0.25) is 0 Å². The predicted octanol–water partition coefficient (Wildman–Crippen LogP) is 4.91. The third-order valence-corrected chi connectivity index (χ3v) is 6.47. The molecule has 0 aliphatic rings. The van der Waals surface area contributed by atoms with Crippen LogP contribution in [0.1, 0.15) is 64.4 Å². The molecule has 0 saturated heterocycles. The standard InChI is InChI=1S/C16H22N2O3.C15H19NO/c1-4-12(17-9(2)3)16(21)11-5-7-13(19)15-10(11)6-8-14(20)18-15;1-11(2)16-10-15(17)14-8-7-12-5-3-4-6-13(12)9-14/h5-9,12,16-17,19,21H,4H2,1-3H3,(H,18,20);3-9,11,15-17H,10H2,1-2H3. The first-order valence-corrected chi connectivity index (χ1v) is 13.3. The van der Waals surface area contributed by atoms with E-state index in [1.54, 1.807) is 12.1 Å². The maximum atomic E-state index is 11.4. The van der Waals surface area contributed by atoms with Gasteiger partial charge in [0.2, 0.25) is 5.56 Å². The normalized spacial score (nSPS) is 13.9. The van der Waals surface area contributed by atoms with Crippen LogP contribution in [0.4, 0.5) is 0 Å². The van der Waals surface area contributed by atoms with Gasteiger partial charge >= 0.3 is 0 Å². The molecule has 0 fully saturated rings. The highest BCUT2D eigenvalue weighted by Gasteiger charge is 2.22. The summed E-state index contributed by atoms with van der Waals surface area (Å²) in [6.45, 7) is 10.8. The van der Waals surface area contributed by atoms with E-state index in [-0.39, 0.29) is 23.4 Å². The van der Waals surface area contributed by atoms with Gasteiger partial charge in [-0.3, -0.25) is 4.79 Å². The number of hydrogen-bond donors (Lipinski definition) is 6. The second-order valence-electron chi connectivity index (χ2n) is 10.3. The lowest BCUT2D eigenvalue weighted by molar-refractivity contribution is 0.123. The van der Waals surface area contributed by atoms with Crippen LogP contribution in [-0.2, 0) is 0 Å². The van der Waals surface area contributed by atoms with Crippen LogP contribution in [0.5, 0.6) is 5.75 Å². The molecule has 0 spiro atoms. The number of phenolic OH excluding ortho intramolecular Hbond substituents is 1. The smallest absolute Gasteiger partial charge is 0.248 e. The summed E-state index contributed by atoms with van der Waals surface area (Å²) in [6.07, 6.45) is -0.390. The number of pyridine rings is 1. The molecule has 38 heavy (non-hydrogen) atoms. The molecule has 3 unspecified atom stereocenters. The van der Waals surface area contributed by atoms with Crippen LogP contribution in [0, 0.1) is 0 Å². The molecule has 0 amide bonds. The number of aromatic hydroxyl groups is 1. The van der Waals surface area contributed by atoms with E-state index in [0.717, 1.165) is 12.0 Å². The van der Waals surface area contributed by atoms with Crippen LogP contribution in [0.3, 0.4) is 0 Å². The van der Waals surface area contributed by atoms with Crippen molar-refractivity contribution in [1.82, 2.24) is 15.6 Å². The second-order valence-corrected chi connectivity index (χ2v) is 10.3. The van der Waals surface area contributed by atoms with Gasteiger partial charge in [0.25, 0.3) is 0 Å². The van der Waals surface area contributed by atoms with Crippen LogP contribution in [0.25, 0.3) is 21.7 Å². The molecule has 4 aromatic rings. The molecule has 0 radical (unpaired) electrons. The fourth-order valence-electron chi connectivity index (χ4n) is 4.47. The van der Waals surface area contributed by atoms with E-state index >= 15 is 0 Å². The zero-order valence-electron chi connectivity index (χ0n) is 22.9. The van der Waals surface area contributed by atoms with Gasteiger partial charge in [0.15, 0.2) is 0 Å². The fourth-order valence-corrected chi connectivity index (χ4v) is 4.47. The quantitative estimate of drug-likeness (QED) is 0.187. The first kappa shape index (κ1) is 29.3. The molecular formula is C31H41N3O4. The number of H-pyrrole nitrogens is 1. The maximum absolute atomic E-state index is 11.4. The number of rotatable bonds is 9. The first-order valence-electron chi connectivity index (χ1n) is 13.3. The number of hydrogen-bond acceptors (Lipinski definition) is 6. The Morgan fingerprint density at radius 2 is 1.58 bits per heavy atom. The lowest BCUT2D eigenvalue weighted by Gasteiger charge is -2.26. The number of benzene rings is 3. The molecule has 6 N–H and O–H groups in total. The van der Waals surface area contributed by atoms with Gasteiger partial charge in [-0.15, -0.1) is 0 Å². The highest BCUT2D eigenvalue weighted by atomic mass is 16.3. The minimum atomic E-state index is -0.716. The Morgan fingerprint density at radius 1 is 0.868 bits per heavy atom. The van der Waals surface area contributed by atoms with Crippen molar-refractivity contribution in [3.63, 3.8) is 0 Å². The van der Waals surface area contributed by atoms with Crippen molar-refractivity contribution in [3.8, 4) is 5.75 Å². The summed E-state index contributed by atoms with van der Waals surface area (Å²) in [5, 5.41) is 40.2. The molecule has 0 saturated carbocycles. The number of nitrogens with one attached hydrogen (secondary N) is 3. The zero-order valence-corrected chi connectivity index (χ0v) is 22.9. The number of aromatic amines is 1. The van der Waals surface area contributed by atoms with E-state index in [1.807, 2.05) is 39.0 Å². The van der Waals surface area contributed by atoms with Gasteiger partial charge in [-0.05, 0) is 46.5 Å². The van der Waals surface area contributed by atoms with E-state index in [0.29, 0.717) is 29.1 Å². The molecule has 0 bridgehead atoms. The van der Waals surface area contributed by atoms with Gasteiger partial charge in [-0.25, -0.2) is 0 Å². The largest absolute Gasteiger partial charge is 0.506 e. The number of aliphatic hydroxyl groups excluding tert-OH is 2. The van der Waals surface area contributed by atoms with E-state index in [9.17, 15) is 20.1 Å². The first-order chi connectivity index (χ1) is 18.1. The topological polar surface area (TPSA) is 118 Å². The summed E-state index contributed by atoms with van der Waals surface area (Å²) >= 11 is 0. The van der Waals surface area contributed by atoms with Gasteiger partial charge in [0.05, 0.1) is 17.7 Å². The summed E-state index contributed by atoms with van der Waals surface area (Å²) in [5.41, 5.74) is 1.74. The Bertz CT molecular complexity index is 1380. The average molecular weight is 520 g/mol. The fraction of sp³-hybridized carbons (Fsp3) is 0.387. The third-order valence-electron chi connectivity index (χ3n) is 6.47. The van der Waals surface area contributed by atoms with Crippen LogP contribution >= 0.6 is 0 Å². The number of aromatic nitrogens is 1. The van der Waals surface area contributed by atoms with Crippen LogP contribution < -0.4 is 16.2 Å². The molecule has 7 nitrogen and oxygen atoms in total. The van der Waals surface area contributed by atoms with E-state index in [2.05, 4.69) is 53.7 Å². The predicted molar refractivity (Wildman–Crippen MR) is 156 cm³/mol. The molecule has 7 heteroatoms.